The Bertz CT molecular complexity index is 3030. The van der Waals surface area contributed by atoms with Gasteiger partial charge >= 0.3 is 0 Å². The van der Waals surface area contributed by atoms with Crippen LogP contribution in [-0.2, 0) is 0 Å². The van der Waals surface area contributed by atoms with Crippen LogP contribution in [0.4, 0.5) is 17.1 Å². The normalized spacial score (nSPS) is 11.9. The second-order valence-corrected chi connectivity index (χ2v) is 15.5. The van der Waals surface area contributed by atoms with Gasteiger partial charge < -0.3 is 4.90 Å². The van der Waals surface area contributed by atoms with Crippen molar-refractivity contribution < 1.29 is 0 Å². The summed E-state index contributed by atoms with van der Waals surface area (Å²) in [6, 6.07) is 65.1. The van der Waals surface area contributed by atoms with Crippen molar-refractivity contribution in [1.29, 1.82) is 0 Å². The molecule has 0 aliphatic carbocycles. The zero-order valence-corrected chi connectivity index (χ0v) is 29.1. The summed E-state index contributed by atoms with van der Waals surface area (Å²) in [5, 5.41) is 13.0. The Balaban J connectivity index is 1.06. The van der Waals surface area contributed by atoms with Crippen molar-refractivity contribution in [3.8, 4) is 11.1 Å². The third kappa shape index (κ3) is 4.59. The standard InChI is InChI=1S/C48H29NS2/c1-2-8-38-31(7-1)13-16-33-17-14-32-15-18-34(27-43(32)48(33)38)30-19-21-35(22-20-30)49(36-23-25-41-39-9-3-5-11-44(39)50-46(41)28-36)37-24-26-42-40-10-4-6-12-45(40)51-47(42)29-37/h1-29H. The van der Waals surface area contributed by atoms with Crippen LogP contribution in [0.25, 0.3) is 83.8 Å². The monoisotopic (exact) mass is 683 g/mol. The Morgan fingerprint density at radius 2 is 0.765 bits per heavy atom. The number of rotatable bonds is 4. The first kappa shape index (κ1) is 28.8. The van der Waals surface area contributed by atoms with Crippen LogP contribution in [0.15, 0.2) is 176 Å². The average molecular weight is 684 g/mol. The lowest BCUT2D eigenvalue weighted by Crippen LogP contribution is -2.09. The molecule has 0 saturated heterocycles. The summed E-state index contributed by atoms with van der Waals surface area (Å²) in [6.07, 6.45) is 0. The molecule has 11 rings (SSSR count). The quantitative estimate of drug-likeness (QED) is 0.167. The minimum Gasteiger partial charge on any atom is -0.310 e. The first-order valence-corrected chi connectivity index (χ1v) is 19.0. The van der Waals surface area contributed by atoms with Crippen LogP contribution in [0, 0.1) is 0 Å². The summed E-state index contributed by atoms with van der Waals surface area (Å²) in [4.78, 5) is 2.41. The van der Waals surface area contributed by atoms with E-state index in [-0.39, 0.29) is 0 Å². The fourth-order valence-corrected chi connectivity index (χ4v) is 10.2. The van der Waals surface area contributed by atoms with Crippen LogP contribution in [0.3, 0.4) is 0 Å². The predicted molar refractivity (Wildman–Crippen MR) is 225 cm³/mol. The van der Waals surface area contributed by atoms with E-state index in [2.05, 4.69) is 181 Å². The fourth-order valence-electron chi connectivity index (χ4n) is 7.96. The van der Waals surface area contributed by atoms with Crippen LogP contribution >= 0.6 is 22.7 Å². The van der Waals surface area contributed by atoms with Gasteiger partial charge in [0.2, 0.25) is 0 Å². The van der Waals surface area contributed by atoms with Gasteiger partial charge in [-0.3, -0.25) is 0 Å². The molecule has 0 bridgehead atoms. The molecule has 3 heteroatoms. The van der Waals surface area contributed by atoms with E-state index in [9.17, 15) is 0 Å². The van der Waals surface area contributed by atoms with Crippen LogP contribution in [0.1, 0.15) is 0 Å². The molecule has 2 aromatic heterocycles. The lowest BCUT2D eigenvalue weighted by atomic mass is 9.94. The minimum atomic E-state index is 1.14. The highest BCUT2D eigenvalue weighted by molar-refractivity contribution is 7.26. The Labute approximate surface area is 302 Å². The number of thiophene rings is 2. The Kier molecular flexibility index (Phi) is 6.36. The number of hydrogen-bond donors (Lipinski definition) is 0. The average Bonchev–Trinajstić information content (AvgIpc) is 3.75. The predicted octanol–water partition coefficient (Wildman–Crippen LogP) is 15.0. The molecule has 11 aromatic rings. The summed E-state index contributed by atoms with van der Waals surface area (Å²) >= 11 is 3.73. The van der Waals surface area contributed by atoms with Gasteiger partial charge in [0.05, 0.1) is 0 Å². The molecule has 0 aliphatic heterocycles. The van der Waals surface area contributed by atoms with E-state index in [0.717, 1.165) is 17.1 Å². The third-order valence-corrected chi connectivity index (χ3v) is 12.7. The van der Waals surface area contributed by atoms with Gasteiger partial charge in [-0.25, -0.2) is 0 Å². The van der Waals surface area contributed by atoms with Gasteiger partial charge in [-0.1, -0.05) is 121 Å². The number of fused-ring (bicyclic) bond motifs is 11. The molecule has 238 valence electrons. The van der Waals surface area contributed by atoms with E-state index in [0.29, 0.717) is 0 Å². The van der Waals surface area contributed by atoms with E-state index in [1.165, 1.54) is 83.8 Å². The Morgan fingerprint density at radius 1 is 0.294 bits per heavy atom. The molecule has 0 amide bonds. The molecule has 0 spiro atoms. The summed E-state index contributed by atoms with van der Waals surface area (Å²) in [5.41, 5.74) is 5.88. The second kappa shape index (κ2) is 11.3. The third-order valence-electron chi connectivity index (χ3n) is 10.4. The van der Waals surface area contributed by atoms with Crippen LogP contribution in [-0.4, -0.2) is 0 Å². The Morgan fingerprint density at radius 3 is 1.41 bits per heavy atom. The fraction of sp³-hybridized carbons (Fsp3) is 0. The zero-order valence-electron chi connectivity index (χ0n) is 27.5. The molecular weight excluding hydrogens is 655 g/mol. The lowest BCUT2D eigenvalue weighted by Gasteiger charge is -2.26. The van der Waals surface area contributed by atoms with E-state index < -0.39 is 0 Å². The van der Waals surface area contributed by atoms with E-state index in [1.807, 2.05) is 22.7 Å². The van der Waals surface area contributed by atoms with E-state index in [4.69, 9.17) is 0 Å². The van der Waals surface area contributed by atoms with Gasteiger partial charge in [-0.15, -0.1) is 22.7 Å². The van der Waals surface area contributed by atoms with Gasteiger partial charge in [0.15, 0.2) is 0 Å². The highest BCUT2D eigenvalue weighted by Gasteiger charge is 2.17. The van der Waals surface area contributed by atoms with Crippen molar-refractivity contribution in [2.24, 2.45) is 0 Å². The molecule has 0 unspecified atom stereocenters. The topological polar surface area (TPSA) is 3.24 Å². The maximum atomic E-state index is 2.41. The molecule has 0 aliphatic rings. The molecule has 0 atom stereocenters. The number of anilines is 3. The highest BCUT2D eigenvalue weighted by Crippen LogP contribution is 2.44. The van der Waals surface area contributed by atoms with Crippen molar-refractivity contribution in [1.82, 2.24) is 0 Å². The molecule has 51 heavy (non-hydrogen) atoms. The zero-order chi connectivity index (χ0) is 33.5. The van der Waals surface area contributed by atoms with Crippen LogP contribution < -0.4 is 4.90 Å². The lowest BCUT2D eigenvalue weighted by molar-refractivity contribution is 1.30. The summed E-state index contributed by atoms with van der Waals surface area (Å²) in [6.45, 7) is 0. The minimum absolute atomic E-state index is 1.14. The van der Waals surface area contributed by atoms with Crippen molar-refractivity contribution in [3.63, 3.8) is 0 Å². The van der Waals surface area contributed by atoms with Gasteiger partial charge in [0, 0.05) is 57.4 Å². The highest BCUT2D eigenvalue weighted by atomic mass is 32.1. The Hall–Kier alpha value is -6.00. The smallest absolute Gasteiger partial charge is 0.0476 e. The number of hydrogen-bond acceptors (Lipinski definition) is 3. The number of benzene rings is 9. The molecule has 0 radical (unpaired) electrons. The molecule has 0 saturated carbocycles. The summed E-state index contributed by atoms with van der Waals surface area (Å²) < 4.78 is 5.25. The first-order valence-electron chi connectivity index (χ1n) is 17.3. The van der Waals surface area contributed by atoms with Crippen molar-refractivity contribution >= 4 is 112 Å². The van der Waals surface area contributed by atoms with Crippen molar-refractivity contribution in [2.45, 2.75) is 0 Å². The largest absolute Gasteiger partial charge is 0.310 e. The second-order valence-electron chi connectivity index (χ2n) is 13.3. The molecular formula is C48H29NS2. The van der Waals surface area contributed by atoms with Crippen LogP contribution in [0.2, 0.25) is 0 Å². The molecule has 0 N–H and O–H groups in total. The SMILES string of the molecule is c1ccc2c(c1)ccc1ccc3ccc(-c4ccc(N(c5ccc6c(c5)sc5ccccc56)c5ccc6c(c5)sc5ccccc56)cc4)cc3c12. The van der Waals surface area contributed by atoms with Crippen molar-refractivity contribution in [2.75, 3.05) is 4.90 Å². The maximum absolute atomic E-state index is 2.41. The molecule has 0 fully saturated rings. The van der Waals surface area contributed by atoms with E-state index >= 15 is 0 Å². The first-order chi connectivity index (χ1) is 25.2. The van der Waals surface area contributed by atoms with E-state index in [1.54, 1.807) is 0 Å². The molecule has 9 aromatic carbocycles. The molecule has 1 nitrogen and oxygen atoms in total. The molecule has 2 heterocycles. The maximum Gasteiger partial charge on any atom is 0.0476 e. The van der Waals surface area contributed by atoms with Gasteiger partial charge in [-0.2, -0.15) is 0 Å². The van der Waals surface area contributed by atoms with Crippen molar-refractivity contribution in [3.05, 3.63) is 176 Å². The van der Waals surface area contributed by atoms with Gasteiger partial charge in [0.25, 0.3) is 0 Å². The summed E-state index contributed by atoms with van der Waals surface area (Å²) in [5.74, 6) is 0. The van der Waals surface area contributed by atoms with Gasteiger partial charge in [-0.05, 0) is 98.0 Å². The number of nitrogens with zero attached hydrogens (tertiary/aromatic N) is 1. The van der Waals surface area contributed by atoms with Gasteiger partial charge in [0.1, 0.15) is 0 Å². The van der Waals surface area contributed by atoms with Crippen LogP contribution in [0.5, 0.6) is 0 Å². The summed E-state index contributed by atoms with van der Waals surface area (Å²) in [7, 11) is 0.